The van der Waals surface area contributed by atoms with Gasteiger partial charge in [0.2, 0.25) is 0 Å². The van der Waals surface area contributed by atoms with Crippen LogP contribution in [0.4, 0.5) is 4.79 Å². The fourth-order valence-electron chi connectivity index (χ4n) is 3.19. The van der Waals surface area contributed by atoms with Crippen molar-refractivity contribution >= 4 is 17.7 Å². The molecule has 1 aromatic carbocycles. The van der Waals surface area contributed by atoms with Crippen molar-refractivity contribution in [1.29, 1.82) is 0 Å². The Balaban J connectivity index is 1.76. The van der Waals surface area contributed by atoms with Gasteiger partial charge in [-0.15, -0.1) is 0 Å². The van der Waals surface area contributed by atoms with Crippen LogP contribution in [0.5, 0.6) is 0 Å². The number of nitrogens with zero attached hydrogens (tertiary/aromatic N) is 3. The maximum atomic E-state index is 12.4. The molecule has 1 aliphatic heterocycles. The average molecular weight is 392 g/mol. The van der Waals surface area contributed by atoms with Crippen molar-refractivity contribution in [2.24, 2.45) is 7.05 Å². The Morgan fingerprint density at radius 2 is 2.19 bits per heavy atom. The highest BCUT2D eigenvalue weighted by Gasteiger charge is 2.29. The minimum absolute atomic E-state index is 0.111. The van der Waals surface area contributed by atoms with Crippen LogP contribution in [0.2, 0.25) is 5.02 Å². The third kappa shape index (κ3) is 5.02. The monoisotopic (exact) mass is 391 g/mol. The topological polar surface area (TPSA) is 56.6 Å². The van der Waals surface area contributed by atoms with E-state index < -0.39 is 5.60 Å². The molecule has 1 saturated heterocycles. The summed E-state index contributed by atoms with van der Waals surface area (Å²) in [5.41, 5.74) is 2.50. The smallest absolute Gasteiger partial charge is 0.410 e. The summed E-state index contributed by atoms with van der Waals surface area (Å²) in [6.07, 6.45) is 4.00. The third-order valence-corrected chi connectivity index (χ3v) is 4.65. The van der Waals surface area contributed by atoms with Crippen molar-refractivity contribution in [2.75, 3.05) is 19.7 Å². The lowest BCUT2D eigenvalue weighted by Crippen LogP contribution is -2.48. The number of benzene rings is 1. The zero-order chi connectivity index (χ0) is 19.6. The van der Waals surface area contributed by atoms with E-state index in [1.165, 1.54) is 0 Å². The highest BCUT2D eigenvalue weighted by atomic mass is 35.5. The molecule has 7 heteroatoms. The number of hydrogen-bond donors (Lipinski definition) is 0. The molecule has 0 bridgehead atoms. The van der Waals surface area contributed by atoms with E-state index in [2.05, 4.69) is 5.10 Å². The van der Waals surface area contributed by atoms with Gasteiger partial charge in [0.1, 0.15) is 5.60 Å². The van der Waals surface area contributed by atoms with E-state index in [-0.39, 0.29) is 12.2 Å². The van der Waals surface area contributed by atoms with E-state index in [1.807, 2.05) is 52.2 Å². The van der Waals surface area contributed by atoms with E-state index >= 15 is 0 Å². The summed E-state index contributed by atoms with van der Waals surface area (Å²) in [6.45, 7) is 7.13. The molecule has 1 atom stereocenters. The van der Waals surface area contributed by atoms with Crippen molar-refractivity contribution in [3.63, 3.8) is 0 Å². The van der Waals surface area contributed by atoms with Crippen molar-refractivity contribution in [3.8, 4) is 11.1 Å². The van der Waals surface area contributed by atoms with Crippen molar-refractivity contribution in [3.05, 3.63) is 41.2 Å². The number of carbonyl (C=O) groups excluding carboxylic acids is 1. The first-order valence-electron chi connectivity index (χ1n) is 9.09. The summed E-state index contributed by atoms with van der Waals surface area (Å²) in [7, 11) is 1.88. The zero-order valence-corrected chi connectivity index (χ0v) is 17.0. The molecule has 1 aromatic heterocycles. The summed E-state index contributed by atoms with van der Waals surface area (Å²) >= 11 is 6.48. The van der Waals surface area contributed by atoms with Crippen molar-refractivity contribution in [2.45, 2.75) is 38.9 Å². The van der Waals surface area contributed by atoms with Crippen LogP contribution in [0.25, 0.3) is 11.1 Å². The summed E-state index contributed by atoms with van der Waals surface area (Å²) in [5, 5.41) is 4.93. The minimum Gasteiger partial charge on any atom is -0.444 e. The Bertz CT molecular complexity index is 813. The van der Waals surface area contributed by atoms with Gasteiger partial charge in [-0.3, -0.25) is 4.68 Å². The predicted molar refractivity (Wildman–Crippen MR) is 105 cm³/mol. The minimum atomic E-state index is -0.509. The van der Waals surface area contributed by atoms with Crippen LogP contribution >= 0.6 is 11.6 Å². The number of rotatable bonds is 3. The first-order chi connectivity index (χ1) is 12.7. The molecule has 0 saturated carbocycles. The molecule has 6 nitrogen and oxygen atoms in total. The number of ether oxygens (including phenoxy) is 2. The summed E-state index contributed by atoms with van der Waals surface area (Å²) in [5.74, 6) is 0. The Morgan fingerprint density at radius 1 is 1.41 bits per heavy atom. The molecule has 146 valence electrons. The molecular formula is C20H26ClN3O3. The van der Waals surface area contributed by atoms with Gasteiger partial charge in [-0.2, -0.15) is 5.10 Å². The average Bonchev–Trinajstić information content (AvgIpc) is 2.99. The van der Waals surface area contributed by atoms with Crippen LogP contribution in [0.1, 0.15) is 26.3 Å². The van der Waals surface area contributed by atoms with Gasteiger partial charge in [0.05, 0.1) is 25.5 Å². The second kappa shape index (κ2) is 7.90. The Hall–Kier alpha value is -2.05. The second-order valence-corrected chi connectivity index (χ2v) is 8.21. The molecule has 1 aliphatic rings. The summed E-state index contributed by atoms with van der Waals surface area (Å²) in [4.78, 5) is 14.1. The largest absolute Gasteiger partial charge is 0.444 e. The van der Waals surface area contributed by atoms with Gasteiger partial charge < -0.3 is 14.4 Å². The highest BCUT2D eigenvalue weighted by molar-refractivity contribution is 6.33. The van der Waals surface area contributed by atoms with Crippen LogP contribution < -0.4 is 0 Å². The highest BCUT2D eigenvalue weighted by Crippen LogP contribution is 2.32. The number of halogens is 1. The van der Waals surface area contributed by atoms with Crippen LogP contribution in [-0.2, 0) is 22.9 Å². The molecule has 0 spiro atoms. The summed E-state index contributed by atoms with van der Waals surface area (Å²) < 4.78 is 13.2. The summed E-state index contributed by atoms with van der Waals surface area (Å²) in [6, 6.07) is 5.86. The number of aromatic nitrogens is 2. The van der Waals surface area contributed by atoms with Crippen molar-refractivity contribution in [1.82, 2.24) is 14.7 Å². The Labute approximate surface area is 165 Å². The molecule has 0 aliphatic carbocycles. The molecule has 0 radical (unpaired) electrons. The maximum absolute atomic E-state index is 12.4. The van der Waals surface area contributed by atoms with Crippen LogP contribution in [0.3, 0.4) is 0 Å². The normalized spacial score (nSPS) is 17.8. The zero-order valence-electron chi connectivity index (χ0n) is 16.2. The number of carbonyl (C=O) groups is 1. The van der Waals surface area contributed by atoms with E-state index in [0.29, 0.717) is 31.1 Å². The fraction of sp³-hybridized carbons (Fsp3) is 0.500. The number of amides is 1. The van der Waals surface area contributed by atoms with Crippen LogP contribution in [0, 0.1) is 0 Å². The van der Waals surface area contributed by atoms with E-state index in [1.54, 1.807) is 15.8 Å². The van der Waals surface area contributed by atoms with Gasteiger partial charge in [-0.05, 0) is 32.4 Å². The molecule has 1 fully saturated rings. The molecule has 27 heavy (non-hydrogen) atoms. The number of aryl methyl sites for hydroxylation is 1. The molecule has 2 heterocycles. The lowest BCUT2D eigenvalue weighted by Gasteiger charge is -2.34. The van der Waals surface area contributed by atoms with Gasteiger partial charge >= 0.3 is 6.09 Å². The first-order valence-corrected chi connectivity index (χ1v) is 9.46. The number of morpholine rings is 1. The standard InChI is InChI=1S/C20H26ClN3O3/c1-20(2,3)27-19(25)24-8-9-26-16(13-24)10-14-6-5-7-17(21)18(14)15-11-22-23(4)12-15/h5-7,11-12,16H,8-10,13H2,1-4H3. The third-order valence-electron chi connectivity index (χ3n) is 4.33. The van der Waals surface area contributed by atoms with Gasteiger partial charge in [0, 0.05) is 42.4 Å². The lowest BCUT2D eigenvalue weighted by atomic mass is 9.97. The van der Waals surface area contributed by atoms with E-state index in [0.717, 1.165) is 16.7 Å². The quantitative estimate of drug-likeness (QED) is 0.795. The molecule has 0 N–H and O–H groups in total. The Morgan fingerprint density at radius 3 is 2.85 bits per heavy atom. The van der Waals surface area contributed by atoms with Gasteiger partial charge in [-0.25, -0.2) is 4.79 Å². The van der Waals surface area contributed by atoms with Gasteiger partial charge in [-0.1, -0.05) is 23.7 Å². The van der Waals surface area contributed by atoms with Crippen molar-refractivity contribution < 1.29 is 14.3 Å². The van der Waals surface area contributed by atoms with Gasteiger partial charge in [0.25, 0.3) is 0 Å². The first kappa shape index (κ1) is 19.7. The van der Waals surface area contributed by atoms with E-state index in [9.17, 15) is 4.79 Å². The van der Waals surface area contributed by atoms with Gasteiger partial charge in [0.15, 0.2) is 0 Å². The second-order valence-electron chi connectivity index (χ2n) is 7.80. The molecular weight excluding hydrogens is 366 g/mol. The predicted octanol–water partition coefficient (Wildman–Crippen LogP) is 3.92. The Kier molecular flexibility index (Phi) is 5.77. The van der Waals surface area contributed by atoms with Crippen LogP contribution in [0.15, 0.2) is 30.6 Å². The molecule has 1 amide bonds. The van der Waals surface area contributed by atoms with E-state index in [4.69, 9.17) is 21.1 Å². The fourth-order valence-corrected chi connectivity index (χ4v) is 3.50. The maximum Gasteiger partial charge on any atom is 0.410 e. The lowest BCUT2D eigenvalue weighted by molar-refractivity contribution is -0.0414. The van der Waals surface area contributed by atoms with Crippen LogP contribution in [-0.4, -0.2) is 52.2 Å². The number of hydrogen-bond acceptors (Lipinski definition) is 4. The molecule has 3 rings (SSSR count). The molecule has 1 unspecified atom stereocenters. The molecule has 2 aromatic rings. The SMILES string of the molecule is Cn1cc(-c2c(Cl)cccc2CC2CN(C(=O)OC(C)(C)C)CCO2)cn1.